The van der Waals surface area contributed by atoms with Crippen molar-refractivity contribution in [3.05, 3.63) is 17.3 Å². The molecule has 0 spiro atoms. The van der Waals surface area contributed by atoms with E-state index in [0.717, 1.165) is 56.7 Å². The Labute approximate surface area is 151 Å². The van der Waals surface area contributed by atoms with Crippen LogP contribution in [0.4, 0.5) is 0 Å². The lowest BCUT2D eigenvalue weighted by Crippen LogP contribution is -2.50. The summed E-state index contributed by atoms with van der Waals surface area (Å²) in [7, 11) is 0. The van der Waals surface area contributed by atoms with Gasteiger partial charge in [-0.2, -0.15) is 0 Å². The van der Waals surface area contributed by atoms with Gasteiger partial charge in [0.2, 0.25) is 5.89 Å². The second-order valence-corrected chi connectivity index (χ2v) is 6.97. The summed E-state index contributed by atoms with van der Waals surface area (Å²) in [5.41, 5.74) is 0.920. The minimum atomic E-state index is 0.183. The average molecular weight is 351 g/mol. The molecule has 7 nitrogen and oxygen atoms in total. The normalized spacial score (nSPS) is 19.4. The molecule has 1 saturated heterocycles. The van der Waals surface area contributed by atoms with Crippen molar-refractivity contribution < 1.29 is 9.15 Å². The Morgan fingerprint density at radius 3 is 2.80 bits per heavy atom. The van der Waals surface area contributed by atoms with Gasteiger partial charge in [0, 0.05) is 32.7 Å². The number of aryl methyl sites for hydroxylation is 2. The molecule has 1 aromatic rings. The lowest BCUT2D eigenvalue weighted by Gasteiger charge is -2.34. The first-order chi connectivity index (χ1) is 12.0. The van der Waals surface area contributed by atoms with Crippen LogP contribution in [-0.2, 0) is 11.3 Å². The quantitative estimate of drug-likeness (QED) is 0.575. The minimum Gasteiger partial charge on any atom is -0.444 e. The summed E-state index contributed by atoms with van der Waals surface area (Å²) in [6, 6.07) is 0. The number of ether oxygens (including phenoxy) is 1. The molecule has 1 unspecified atom stereocenters. The van der Waals surface area contributed by atoms with Gasteiger partial charge in [-0.15, -0.1) is 0 Å². The van der Waals surface area contributed by atoms with Crippen molar-refractivity contribution in [3.63, 3.8) is 0 Å². The van der Waals surface area contributed by atoms with Gasteiger partial charge in [0.25, 0.3) is 0 Å². The highest BCUT2D eigenvalue weighted by atomic mass is 16.5. The SMILES string of the molecule is CCNC(=NCc1nc(C)c(C)o1)NCC1CN(CC(C)C)CCO1. The Balaban J connectivity index is 1.84. The van der Waals surface area contributed by atoms with Gasteiger partial charge in [-0.05, 0) is 26.7 Å². The van der Waals surface area contributed by atoms with Crippen LogP contribution < -0.4 is 10.6 Å². The number of nitrogens with zero attached hydrogens (tertiary/aromatic N) is 3. The zero-order valence-electron chi connectivity index (χ0n) is 16.3. The molecule has 0 amide bonds. The maximum atomic E-state index is 5.88. The largest absolute Gasteiger partial charge is 0.444 e. The molecule has 7 heteroatoms. The van der Waals surface area contributed by atoms with Crippen LogP contribution in [0.2, 0.25) is 0 Å². The number of aromatic nitrogens is 1. The summed E-state index contributed by atoms with van der Waals surface area (Å²) < 4.78 is 11.5. The molecule has 0 radical (unpaired) electrons. The van der Waals surface area contributed by atoms with Crippen molar-refractivity contribution in [1.82, 2.24) is 20.5 Å². The van der Waals surface area contributed by atoms with E-state index in [9.17, 15) is 0 Å². The number of oxazole rings is 1. The maximum Gasteiger partial charge on any atom is 0.216 e. The zero-order chi connectivity index (χ0) is 18.2. The summed E-state index contributed by atoms with van der Waals surface area (Å²) >= 11 is 0. The van der Waals surface area contributed by atoms with Gasteiger partial charge in [0.1, 0.15) is 12.3 Å². The van der Waals surface area contributed by atoms with Gasteiger partial charge < -0.3 is 19.8 Å². The predicted octanol–water partition coefficient (Wildman–Crippen LogP) is 1.70. The summed E-state index contributed by atoms with van der Waals surface area (Å²) in [6.45, 7) is 16.3. The van der Waals surface area contributed by atoms with Gasteiger partial charge in [0.15, 0.2) is 5.96 Å². The summed E-state index contributed by atoms with van der Waals surface area (Å²) in [6.07, 6.45) is 0.183. The van der Waals surface area contributed by atoms with E-state index in [4.69, 9.17) is 9.15 Å². The maximum absolute atomic E-state index is 5.88. The van der Waals surface area contributed by atoms with E-state index >= 15 is 0 Å². The Morgan fingerprint density at radius 2 is 2.16 bits per heavy atom. The molecule has 2 heterocycles. The fourth-order valence-electron chi connectivity index (χ4n) is 2.89. The van der Waals surface area contributed by atoms with Crippen molar-refractivity contribution >= 4 is 5.96 Å². The van der Waals surface area contributed by atoms with E-state index in [1.165, 1.54) is 0 Å². The molecule has 142 valence electrons. The molecule has 1 aliphatic heterocycles. The van der Waals surface area contributed by atoms with Crippen LogP contribution in [0.3, 0.4) is 0 Å². The van der Waals surface area contributed by atoms with Crippen LogP contribution in [-0.4, -0.2) is 61.3 Å². The number of hydrogen-bond donors (Lipinski definition) is 2. The average Bonchev–Trinajstić information content (AvgIpc) is 2.88. The van der Waals surface area contributed by atoms with E-state index in [-0.39, 0.29) is 6.10 Å². The first-order valence-corrected chi connectivity index (χ1v) is 9.27. The van der Waals surface area contributed by atoms with Crippen molar-refractivity contribution in [2.45, 2.75) is 47.3 Å². The third-order valence-corrected chi connectivity index (χ3v) is 4.13. The molecule has 2 rings (SSSR count). The van der Waals surface area contributed by atoms with Crippen LogP contribution in [0.5, 0.6) is 0 Å². The molecule has 1 fully saturated rings. The second-order valence-electron chi connectivity index (χ2n) is 6.97. The van der Waals surface area contributed by atoms with Gasteiger partial charge >= 0.3 is 0 Å². The molecule has 0 bridgehead atoms. The molecule has 1 atom stereocenters. The van der Waals surface area contributed by atoms with Gasteiger partial charge in [-0.25, -0.2) is 9.98 Å². The Morgan fingerprint density at radius 1 is 1.36 bits per heavy atom. The number of nitrogens with one attached hydrogen (secondary N) is 2. The van der Waals surface area contributed by atoms with Crippen LogP contribution in [0.25, 0.3) is 0 Å². The standard InChI is InChI=1S/C18H33N5O2/c1-6-19-18(21-10-17-22-14(4)15(5)25-17)20-9-16-12-23(7-8-24-16)11-13(2)3/h13,16H,6-12H2,1-5H3,(H2,19,20,21). The topological polar surface area (TPSA) is 74.9 Å². The molecule has 1 aromatic heterocycles. The summed E-state index contributed by atoms with van der Waals surface area (Å²) in [4.78, 5) is 11.4. The number of rotatable bonds is 7. The van der Waals surface area contributed by atoms with Gasteiger partial charge in [-0.1, -0.05) is 13.8 Å². The van der Waals surface area contributed by atoms with Crippen LogP contribution in [0.15, 0.2) is 9.41 Å². The first kappa shape index (κ1) is 19.7. The van der Waals surface area contributed by atoms with Crippen molar-refractivity contribution in [3.8, 4) is 0 Å². The number of morpholine rings is 1. The highest BCUT2D eigenvalue weighted by molar-refractivity contribution is 5.79. The first-order valence-electron chi connectivity index (χ1n) is 9.27. The third-order valence-electron chi connectivity index (χ3n) is 4.13. The van der Waals surface area contributed by atoms with E-state index in [1.807, 2.05) is 13.8 Å². The van der Waals surface area contributed by atoms with Crippen molar-refractivity contribution in [2.24, 2.45) is 10.9 Å². The van der Waals surface area contributed by atoms with E-state index in [1.54, 1.807) is 0 Å². The fourth-order valence-corrected chi connectivity index (χ4v) is 2.89. The molecule has 0 aliphatic carbocycles. The summed E-state index contributed by atoms with van der Waals surface area (Å²) in [5.74, 6) is 2.94. The molecular formula is C18H33N5O2. The molecule has 2 N–H and O–H groups in total. The van der Waals surface area contributed by atoms with Crippen LogP contribution >= 0.6 is 0 Å². The molecule has 25 heavy (non-hydrogen) atoms. The Bertz CT molecular complexity index is 536. The smallest absolute Gasteiger partial charge is 0.216 e. The van der Waals surface area contributed by atoms with Crippen LogP contribution in [0.1, 0.15) is 38.1 Å². The van der Waals surface area contributed by atoms with E-state index in [2.05, 4.69) is 46.3 Å². The molecular weight excluding hydrogens is 318 g/mol. The number of guanidine groups is 1. The van der Waals surface area contributed by atoms with Crippen molar-refractivity contribution in [2.75, 3.05) is 39.3 Å². The lowest BCUT2D eigenvalue weighted by atomic mass is 10.2. The Kier molecular flexibility index (Phi) is 7.71. The molecule has 0 saturated carbocycles. The molecule has 1 aliphatic rings. The van der Waals surface area contributed by atoms with Crippen molar-refractivity contribution in [1.29, 1.82) is 0 Å². The lowest BCUT2D eigenvalue weighted by molar-refractivity contribution is -0.0284. The van der Waals surface area contributed by atoms with E-state index < -0.39 is 0 Å². The highest BCUT2D eigenvalue weighted by Crippen LogP contribution is 2.09. The third kappa shape index (κ3) is 6.66. The van der Waals surface area contributed by atoms with Gasteiger partial charge in [0.05, 0.1) is 18.4 Å². The summed E-state index contributed by atoms with van der Waals surface area (Å²) in [5, 5.41) is 6.63. The zero-order valence-corrected chi connectivity index (χ0v) is 16.3. The predicted molar refractivity (Wildman–Crippen MR) is 99.8 cm³/mol. The number of aliphatic imine (C=N–C) groups is 1. The fraction of sp³-hybridized carbons (Fsp3) is 0.778. The molecule has 0 aromatic carbocycles. The second kappa shape index (κ2) is 9.77. The van der Waals surface area contributed by atoms with Crippen LogP contribution in [0, 0.1) is 19.8 Å². The monoisotopic (exact) mass is 351 g/mol. The van der Waals surface area contributed by atoms with E-state index in [0.29, 0.717) is 18.4 Å². The minimum absolute atomic E-state index is 0.183. The Hall–Kier alpha value is -1.60. The highest BCUT2D eigenvalue weighted by Gasteiger charge is 2.21. The number of hydrogen-bond acceptors (Lipinski definition) is 5. The van der Waals surface area contributed by atoms with Gasteiger partial charge in [-0.3, -0.25) is 4.90 Å².